The number of rotatable bonds is 3. The van der Waals surface area contributed by atoms with Crippen molar-refractivity contribution >= 4 is 18.3 Å². The van der Waals surface area contributed by atoms with Crippen LogP contribution in [-0.2, 0) is 11.2 Å². The standard InChI is InChI=1S/C18H24N2O3.ClH/c1-22-16-4-5-17-11(7-16)6-12(10-23-17)18(21)20-15-8-13-2-3-14(9-15)19-13;/h4-5,7,12-15,19H,2-3,6,8-10H2,1H3,(H,20,21);1H. The van der Waals surface area contributed by atoms with Crippen LogP contribution in [0, 0.1) is 5.92 Å². The summed E-state index contributed by atoms with van der Waals surface area (Å²) in [7, 11) is 1.65. The molecule has 4 rings (SSSR count). The second-order valence-electron chi connectivity index (χ2n) is 7.00. The van der Waals surface area contributed by atoms with E-state index >= 15 is 0 Å². The van der Waals surface area contributed by atoms with Crippen LogP contribution >= 0.6 is 12.4 Å². The smallest absolute Gasteiger partial charge is 0.227 e. The highest BCUT2D eigenvalue weighted by atomic mass is 35.5. The SMILES string of the molecule is COc1ccc2c(c1)CC(C(=O)NC1CC3CCC(C1)N3)CO2.Cl. The monoisotopic (exact) mass is 352 g/mol. The first-order valence-electron chi connectivity index (χ1n) is 8.57. The van der Waals surface area contributed by atoms with Crippen molar-refractivity contribution in [3.8, 4) is 11.5 Å². The van der Waals surface area contributed by atoms with Crippen LogP contribution in [0.2, 0.25) is 0 Å². The molecule has 2 fully saturated rings. The van der Waals surface area contributed by atoms with Crippen LogP contribution in [0.5, 0.6) is 11.5 Å². The number of nitrogens with one attached hydrogen (secondary N) is 2. The summed E-state index contributed by atoms with van der Waals surface area (Å²) in [4.78, 5) is 12.6. The van der Waals surface area contributed by atoms with E-state index in [-0.39, 0.29) is 24.2 Å². The minimum Gasteiger partial charge on any atom is -0.497 e. The number of carbonyl (C=O) groups excluding carboxylic acids is 1. The van der Waals surface area contributed by atoms with Crippen LogP contribution in [-0.4, -0.2) is 37.7 Å². The Morgan fingerprint density at radius 3 is 2.75 bits per heavy atom. The molecule has 132 valence electrons. The van der Waals surface area contributed by atoms with Crippen molar-refractivity contribution in [2.45, 2.75) is 50.2 Å². The van der Waals surface area contributed by atoms with E-state index in [1.54, 1.807) is 7.11 Å². The summed E-state index contributed by atoms with van der Waals surface area (Å²) in [6.45, 7) is 0.461. The van der Waals surface area contributed by atoms with Gasteiger partial charge in [0.15, 0.2) is 0 Å². The van der Waals surface area contributed by atoms with Gasteiger partial charge in [-0.25, -0.2) is 0 Å². The van der Waals surface area contributed by atoms with Gasteiger partial charge >= 0.3 is 0 Å². The fourth-order valence-electron chi connectivity index (χ4n) is 4.16. The zero-order chi connectivity index (χ0) is 15.8. The van der Waals surface area contributed by atoms with Gasteiger partial charge in [-0.2, -0.15) is 0 Å². The molecule has 0 spiro atoms. The number of fused-ring (bicyclic) bond motifs is 3. The summed E-state index contributed by atoms with van der Waals surface area (Å²) in [6, 6.07) is 7.28. The zero-order valence-electron chi connectivity index (χ0n) is 13.9. The lowest BCUT2D eigenvalue weighted by atomic mass is 9.94. The Morgan fingerprint density at radius 1 is 1.29 bits per heavy atom. The number of methoxy groups -OCH3 is 1. The maximum absolute atomic E-state index is 12.6. The van der Waals surface area contributed by atoms with Crippen LogP contribution < -0.4 is 20.1 Å². The van der Waals surface area contributed by atoms with Gasteiger partial charge in [-0.3, -0.25) is 4.79 Å². The first-order chi connectivity index (χ1) is 11.2. The van der Waals surface area contributed by atoms with Crippen LogP contribution in [0.15, 0.2) is 18.2 Å². The van der Waals surface area contributed by atoms with Gasteiger partial charge in [0.25, 0.3) is 0 Å². The highest BCUT2D eigenvalue weighted by molar-refractivity contribution is 5.85. The predicted octanol–water partition coefficient (Wildman–Crippen LogP) is 2.07. The number of halogens is 1. The molecule has 3 aliphatic rings. The Hall–Kier alpha value is -1.46. The lowest BCUT2D eigenvalue weighted by Crippen LogP contribution is -2.50. The van der Waals surface area contributed by atoms with Gasteiger partial charge in [-0.15, -0.1) is 12.4 Å². The van der Waals surface area contributed by atoms with Crippen molar-refractivity contribution in [3.05, 3.63) is 23.8 Å². The predicted molar refractivity (Wildman–Crippen MR) is 94.0 cm³/mol. The molecule has 3 aliphatic heterocycles. The first kappa shape index (κ1) is 17.4. The minimum atomic E-state index is -0.109. The summed E-state index contributed by atoms with van der Waals surface area (Å²) in [5.74, 6) is 1.70. The Labute approximate surface area is 148 Å². The maximum atomic E-state index is 12.6. The molecule has 24 heavy (non-hydrogen) atoms. The number of hydrogen-bond acceptors (Lipinski definition) is 4. The van der Waals surface area contributed by atoms with E-state index < -0.39 is 0 Å². The zero-order valence-corrected chi connectivity index (χ0v) is 14.7. The van der Waals surface area contributed by atoms with Crippen LogP contribution in [0.25, 0.3) is 0 Å². The molecule has 3 heterocycles. The molecule has 0 aromatic heterocycles. The topological polar surface area (TPSA) is 59.6 Å². The summed E-state index contributed by atoms with van der Waals surface area (Å²) in [5.41, 5.74) is 1.06. The minimum absolute atomic E-state index is 0. The van der Waals surface area contributed by atoms with Gasteiger partial charge in [0.05, 0.1) is 13.0 Å². The molecular weight excluding hydrogens is 328 g/mol. The molecule has 1 aromatic rings. The van der Waals surface area contributed by atoms with Crippen LogP contribution in [0.1, 0.15) is 31.2 Å². The Bertz CT molecular complexity index is 598. The Kier molecular flexibility index (Phi) is 5.21. The van der Waals surface area contributed by atoms with Crippen molar-refractivity contribution in [1.82, 2.24) is 10.6 Å². The largest absolute Gasteiger partial charge is 0.497 e. The summed E-state index contributed by atoms with van der Waals surface area (Å²) < 4.78 is 11.0. The fourth-order valence-corrected chi connectivity index (χ4v) is 4.16. The third-order valence-electron chi connectivity index (χ3n) is 5.36. The quantitative estimate of drug-likeness (QED) is 0.874. The molecular formula is C18H25ClN2O3. The molecule has 2 bridgehead atoms. The molecule has 0 aliphatic carbocycles. The number of benzene rings is 1. The van der Waals surface area contributed by atoms with E-state index in [0.717, 1.165) is 36.3 Å². The van der Waals surface area contributed by atoms with E-state index in [1.807, 2.05) is 18.2 Å². The molecule has 6 heteroatoms. The molecule has 1 aromatic carbocycles. The van der Waals surface area contributed by atoms with Crippen molar-refractivity contribution in [3.63, 3.8) is 0 Å². The molecule has 0 saturated carbocycles. The van der Waals surface area contributed by atoms with Crippen LogP contribution in [0.4, 0.5) is 0 Å². The van der Waals surface area contributed by atoms with Crippen molar-refractivity contribution in [1.29, 1.82) is 0 Å². The molecule has 5 nitrogen and oxygen atoms in total. The van der Waals surface area contributed by atoms with Gasteiger partial charge in [-0.1, -0.05) is 0 Å². The molecule has 0 radical (unpaired) electrons. The second kappa shape index (κ2) is 7.19. The van der Waals surface area contributed by atoms with Crippen LogP contribution in [0.3, 0.4) is 0 Å². The summed E-state index contributed by atoms with van der Waals surface area (Å²) >= 11 is 0. The lowest BCUT2D eigenvalue weighted by Gasteiger charge is -2.32. The third-order valence-corrected chi connectivity index (χ3v) is 5.36. The van der Waals surface area contributed by atoms with E-state index in [9.17, 15) is 4.79 Å². The van der Waals surface area contributed by atoms with Gasteiger partial charge in [0.2, 0.25) is 5.91 Å². The lowest BCUT2D eigenvalue weighted by molar-refractivity contribution is -0.127. The second-order valence-corrected chi connectivity index (χ2v) is 7.00. The number of hydrogen-bond donors (Lipinski definition) is 2. The van der Waals surface area contributed by atoms with Crippen molar-refractivity contribution < 1.29 is 14.3 Å². The average Bonchev–Trinajstić information content (AvgIpc) is 2.92. The van der Waals surface area contributed by atoms with E-state index in [4.69, 9.17) is 9.47 Å². The van der Waals surface area contributed by atoms with Gasteiger partial charge in [0, 0.05) is 18.1 Å². The molecule has 3 atom stereocenters. The summed E-state index contributed by atoms with van der Waals surface area (Å²) in [6.07, 6.45) is 5.32. The van der Waals surface area contributed by atoms with Gasteiger partial charge in [-0.05, 0) is 55.9 Å². The third kappa shape index (κ3) is 3.47. The van der Waals surface area contributed by atoms with Crippen molar-refractivity contribution in [2.75, 3.05) is 13.7 Å². The van der Waals surface area contributed by atoms with E-state index in [1.165, 1.54) is 12.8 Å². The number of ether oxygens (including phenoxy) is 2. The summed E-state index contributed by atoms with van der Waals surface area (Å²) in [5, 5.41) is 6.87. The number of carbonyl (C=O) groups is 1. The number of piperidine rings is 1. The molecule has 2 N–H and O–H groups in total. The fraction of sp³-hybridized carbons (Fsp3) is 0.611. The number of amides is 1. The highest BCUT2D eigenvalue weighted by Crippen LogP contribution is 2.31. The highest BCUT2D eigenvalue weighted by Gasteiger charge is 2.35. The first-order valence-corrected chi connectivity index (χ1v) is 8.57. The van der Waals surface area contributed by atoms with E-state index in [0.29, 0.717) is 24.7 Å². The normalized spacial score (nSPS) is 30.5. The molecule has 2 saturated heterocycles. The average molecular weight is 353 g/mol. The Balaban J connectivity index is 0.00000169. The van der Waals surface area contributed by atoms with Gasteiger partial charge in [0.1, 0.15) is 18.1 Å². The Morgan fingerprint density at radius 2 is 2.04 bits per heavy atom. The molecule has 1 amide bonds. The molecule has 3 unspecified atom stereocenters. The van der Waals surface area contributed by atoms with Gasteiger partial charge < -0.3 is 20.1 Å². The van der Waals surface area contributed by atoms with E-state index in [2.05, 4.69) is 10.6 Å². The maximum Gasteiger partial charge on any atom is 0.227 e. The van der Waals surface area contributed by atoms with Crippen molar-refractivity contribution in [2.24, 2.45) is 5.92 Å².